The van der Waals surface area contributed by atoms with Gasteiger partial charge in [0.05, 0.1) is 6.54 Å². The number of hydrogen-bond donors (Lipinski definition) is 1. The molecule has 1 N–H and O–H groups in total. The quantitative estimate of drug-likeness (QED) is 0.643. The largest absolute Gasteiger partial charge is 0.396 e. The van der Waals surface area contributed by atoms with Crippen molar-refractivity contribution in [3.05, 3.63) is 0 Å². The van der Waals surface area contributed by atoms with Gasteiger partial charge in [-0.3, -0.25) is 4.99 Å². The van der Waals surface area contributed by atoms with Gasteiger partial charge in [-0.1, -0.05) is 0 Å². The van der Waals surface area contributed by atoms with Crippen molar-refractivity contribution >= 4 is 5.96 Å². The Morgan fingerprint density at radius 2 is 2.07 bits per heavy atom. The highest BCUT2D eigenvalue weighted by Gasteiger charge is 2.24. The van der Waals surface area contributed by atoms with Gasteiger partial charge >= 0.3 is 0 Å². The maximum atomic E-state index is 9.04. The summed E-state index contributed by atoms with van der Waals surface area (Å²) in [5.41, 5.74) is 0. The predicted octanol–water partition coefficient (Wildman–Crippen LogP) is -0.00790. The SMILES string of the molecule is CN1CCN=C1N1CCC(CO)CC1. The van der Waals surface area contributed by atoms with Gasteiger partial charge in [-0.2, -0.15) is 0 Å². The van der Waals surface area contributed by atoms with Crippen LogP contribution in [0.4, 0.5) is 0 Å². The number of aliphatic imine (C=N–C) groups is 1. The number of guanidine groups is 1. The lowest BCUT2D eigenvalue weighted by molar-refractivity contribution is 0.161. The van der Waals surface area contributed by atoms with Crippen LogP contribution in [-0.2, 0) is 0 Å². The summed E-state index contributed by atoms with van der Waals surface area (Å²) in [6.07, 6.45) is 2.20. The molecule has 0 unspecified atom stereocenters. The second kappa shape index (κ2) is 4.17. The number of rotatable bonds is 1. The summed E-state index contributed by atoms with van der Waals surface area (Å²) in [6, 6.07) is 0. The van der Waals surface area contributed by atoms with Crippen molar-refractivity contribution in [2.24, 2.45) is 10.9 Å². The molecule has 1 saturated heterocycles. The van der Waals surface area contributed by atoms with E-state index in [4.69, 9.17) is 5.11 Å². The van der Waals surface area contributed by atoms with Crippen molar-refractivity contribution in [3.8, 4) is 0 Å². The van der Waals surface area contributed by atoms with Crippen LogP contribution < -0.4 is 0 Å². The molecule has 0 aromatic rings. The van der Waals surface area contributed by atoms with Crippen LogP contribution in [0.15, 0.2) is 4.99 Å². The summed E-state index contributed by atoms with van der Waals surface area (Å²) in [7, 11) is 2.10. The number of nitrogens with zero attached hydrogens (tertiary/aromatic N) is 3. The molecule has 80 valence electrons. The minimum Gasteiger partial charge on any atom is -0.396 e. The maximum Gasteiger partial charge on any atom is 0.196 e. The van der Waals surface area contributed by atoms with Crippen LogP contribution in [0, 0.1) is 5.92 Å². The Morgan fingerprint density at radius 1 is 1.36 bits per heavy atom. The minimum atomic E-state index is 0.343. The molecule has 0 aromatic heterocycles. The number of likely N-dealkylation sites (tertiary alicyclic amines) is 1. The molecule has 1 fully saturated rings. The summed E-state index contributed by atoms with van der Waals surface area (Å²) in [5, 5.41) is 9.04. The van der Waals surface area contributed by atoms with Gasteiger partial charge in [0.15, 0.2) is 5.96 Å². The predicted molar refractivity (Wildman–Crippen MR) is 56.3 cm³/mol. The minimum absolute atomic E-state index is 0.343. The summed E-state index contributed by atoms with van der Waals surface area (Å²) in [6.45, 7) is 4.43. The Balaban J connectivity index is 1.89. The molecule has 0 aromatic carbocycles. The van der Waals surface area contributed by atoms with Crippen LogP contribution in [0.3, 0.4) is 0 Å². The van der Waals surface area contributed by atoms with Gasteiger partial charge < -0.3 is 14.9 Å². The van der Waals surface area contributed by atoms with Gasteiger partial charge in [0.25, 0.3) is 0 Å². The molecule has 2 aliphatic heterocycles. The molecule has 0 spiro atoms. The molecule has 2 aliphatic rings. The second-order valence-electron chi connectivity index (χ2n) is 4.22. The number of likely N-dealkylation sites (N-methyl/N-ethyl adjacent to an activating group) is 1. The first-order valence-corrected chi connectivity index (χ1v) is 5.42. The Bertz CT molecular complexity index is 221. The summed E-state index contributed by atoms with van der Waals surface area (Å²) in [4.78, 5) is 9.07. The molecular weight excluding hydrogens is 178 g/mol. The van der Waals surface area contributed by atoms with Crippen molar-refractivity contribution in [2.75, 3.05) is 39.8 Å². The van der Waals surface area contributed by atoms with Crippen molar-refractivity contribution in [2.45, 2.75) is 12.8 Å². The average molecular weight is 197 g/mol. The highest BCUT2D eigenvalue weighted by atomic mass is 16.3. The van der Waals surface area contributed by atoms with Crippen molar-refractivity contribution in [3.63, 3.8) is 0 Å². The van der Waals surface area contributed by atoms with Crippen molar-refractivity contribution in [1.29, 1.82) is 0 Å². The molecule has 2 rings (SSSR count). The van der Waals surface area contributed by atoms with Crippen molar-refractivity contribution < 1.29 is 5.11 Å². The summed E-state index contributed by atoms with van der Waals surface area (Å²) in [5.74, 6) is 1.67. The highest BCUT2D eigenvalue weighted by Crippen LogP contribution is 2.18. The third-order valence-electron chi connectivity index (χ3n) is 3.19. The maximum absolute atomic E-state index is 9.04. The molecule has 0 bridgehead atoms. The van der Waals surface area contributed by atoms with E-state index in [2.05, 4.69) is 21.8 Å². The van der Waals surface area contributed by atoms with Gasteiger partial charge in [0.1, 0.15) is 0 Å². The second-order valence-corrected chi connectivity index (χ2v) is 4.22. The molecule has 0 amide bonds. The van der Waals surface area contributed by atoms with Crippen LogP contribution in [0.25, 0.3) is 0 Å². The average Bonchev–Trinajstić information content (AvgIpc) is 2.65. The number of aliphatic hydroxyl groups excluding tert-OH is 1. The normalized spacial score (nSPS) is 24.3. The number of piperidine rings is 1. The van der Waals surface area contributed by atoms with E-state index in [0.717, 1.165) is 45.0 Å². The zero-order valence-electron chi connectivity index (χ0n) is 8.82. The van der Waals surface area contributed by atoms with Gasteiger partial charge in [-0.05, 0) is 18.8 Å². The highest BCUT2D eigenvalue weighted by molar-refractivity contribution is 5.81. The lowest BCUT2D eigenvalue weighted by Crippen LogP contribution is -2.44. The van der Waals surface area contributed by atoms with Crippen LogP contribution in [-0.4, -0.2) is 60.7 Å². The third kappa shape index (κ3) is 1.85. The molecule has 4 heteroatoms. The van der Waals surface area contributed by atoms with Gasteiger partial charge in [-0.15, -0.1) is 0 Å². The van der Waals surface area contributed by atoms with Crippen LogP contribution in [0.5, 0.6) is 0 Å². The fourth-order valence-electron chi connectivity index (χ4n) is 2.18. The molecule has 0 aliphatic carbocycles. The monoisotopic (exact) mass is 197 g/mol. The van der Waals surface area contributed by atoms with E-state index in [1.54, 1.807) is 0 Å². The summed E-state index contributed by atoms with van der Waals surface area (Å²) < 4.78 is 0. The fourth-order valence-corrected chi connectivity index (χ4v) is 2.18. The third-order valence-corrected chi connectivity index (χ3v) is 3.19. The fraction of sp³-hybridized carbons (Fsp3) is 0.900. The molecule has 4 nitrogen and oxygen atoms in total. The topological polar surface area (TPSA) is 39.1 Å². The van der Waals surface area contributed by atoms with E-state index >= 15 is 0 Å². The molecule has 0 saturated carbocycles. The summed E-state index contributed by atoms with van der Waals surface area (Å²) >= 11 is 0. The standard InChI is InChI=1S/C10H19N3O/c1-12-7-4-11-10(12)13-5-2-9(8-14)3-6-13/h9,14H,2-8H2,1H3. The first kappa shape index (κ1) is 9.77. The lowest BCUT2D eigenvalue weighted by Gasteiger charge is -2.34. The molecular formula is C10H19N3O. The van der Waals surface area contributed by atoms with Crippen LogP contribution in [0.2, 0.25) is 0 Å². The molecule has 0 radical (unpaired) electrons. The first-order valence-electron chi connectivity index (χ1n) is 5.42. The zero-order valence-corrected chi connectivity index (χ0v) is 8.82. The van der Waals surface area contributed by atoms with E-state index in [-0.39, 0.29) is 0 Å². The van der Waals surface area contributed by atoms with E-state index < -0.39 is 0 Å². The number of aliphatic hydroxyl groups is 1. The van der Waals surface area contributed by atoms with E-state index in [9.17, 15) is 0 Å². The first-order chi connectivity index (χ1) is 6.81. The smallest absolute Gasteiger partial charge is 0.196 e. The van der Waals surface area contributed by atoms with Crippen LogP contribution >= 0.6 is 0 Å². The van der Waals surface area contributed by atoms with E-state index in [1.807, 2.05) is 0 Å². The Labute approximate surface area is 85.2 Å². The molecule has 0 atom stereocenters. The molecule has 14 heavy (non-hydrogen) atoms. The Morgan fingerprint density at radius 3 is 2.57 bits per heavy atom. The van der Waals surface area contributed by atoms with Crippen LogP contribution in [0.1, 0.15) is 12.8 Å². The van der Waals surface area contributed by atoms with Crippen molar-refractivity contribution in [1.82, 2.24) is 9.80 Å². The number of hydrogen-bond acceptors (Lipinski definition) is 4. The van der Waals surface area contributed by atoms with Gasteiger partial charge in [-0.25, -0.2) is 0 Å². The lowest BCUT2D eigenvalue weighted by atomic mass is 9.98. The Kier molecular flexibility index (Phi) is 2.91. The van der Waals surface area contributed by atoms with E-state index in [1.165, 1.54) is 0 Å². The van der Waals surface area contributed by atoms with E-state index in [0.29, 0.717) is 12.5 Å². The van der Waals surface area contributed by atoms with Gasteiger partial charge in [0.2, 0.25) is 0 Å². The molecule has 2 heterocycles. The Hall–Kier alpha value is -0.770. The zero-order chi connectivity index (χ0) is 9.97. The van der Waals surface area contributed by atoms with Gasteiger partial charge in [0, 0.05) is 33.3 Å².